The Morgan fingerprint density at radius 1 is 1.09 bits per heavy atom. The van der Waals surface area contributed by atoms with Crippen LogP contribution in [0.1, 0.15) is 11.7 Å². The van der Waals surface area contributed by atoms with E-state index in [2.05, 4.69) is 22.0 Å². The van der Waals surface area contributed by atoms with Crippen LogP contribution in [0.3, 0.4) is 0 Å². The van der Waals surface area contributed by atoms with Gasteiger partial charge in [0.05, 0.1) is 13.2 Å². The summed E-state index contributed by atoms with van der Waals surface area (Å²) < 4.78 is 11.5. The SMILES string of the molecule is Clc1cccc(OC(CN2CCOCC2)c2ccccc2)n1. The molecule has 1 aliphatic rings. The van der Waals surface area contributed by atoms with Crippen molar-refractivity contribution in [1.29, 1.82) is 0 Å². The predicted octanol–water partition coefficient (Wildman–Crippen LogP) is 3.19. The lowest BCUT2D eigenvalue weighted by Crippen LogP contribution is -2.39. The van der Waals surface area contributed by atoms with Crippen LogP contribution < -0.4 is 4.74 Å². The minimum Gasteiger partial charge on any atom is -0.468 e. The Hall–Kier alpha value is -1.62. The largest absolute Gasteiger partial charge is 0.468 e. The van der Waals surface area contributed by atoms with Gasteiger partial charge in [-0.2, -0.15) is 0 Å². The molecule has 0 spiro atoms. The molecular weight excluding hydrogens is 300 g/mol. The number of hydrogen-bond donors (Lipinski definition) is 0. The van der Waals surface area contributed by atoms with Gasteiger partial charge < -0.3 is 9.47 Å². The molecule has 0 aliphatic carbocycles. The van der Waals surface area contributed by atoms with Crippen molar-refractivity contribution in [1.82, 2.24) is 9.88 Å². The van der Waals surface area contributed by atoms with E-state index in [1.165, 1.54) is 0 Å². The monoisotopic (exact) mass is 318 g/mol. The van der Waals surface area contributed by atoms with Crippen molar-refractivity contribution in [3.63, 3.8) is 0 Å². The van der Waals surface area contributed by atoms with Crippen molar-refractivity contribution < 1.29 is 9.47 Å². The Labute approximate surface area is 135 Å². The number of hydrogen-bond acceptors (Lipinski definition) is 4. The molecule has 0 N–H and O–H groups in total. The second-order valence-electron chi connectivity index (χ2n) is 5.23. The minimum atomic E-state index is -0.0785. The van der Waals surface area contributed by atoms with E-state index in [1.807, 2.05) is 30.3 Å². The van der Waals surface area contributed by atoms with Crippen molar-refractivity contribution in [2.75, 3.05) is 32.8 Å². The fourth-order valence-electron chi connectivity index (χ4n) is 2.50. The second-order valence-corrected chi connectivity index (χ2v) is 5.62. The summed E-state index contributed by atoms with van der Waals surface area (Å²) in [4.78, 5) is 6.58. The summed E-state index contributed by atoms with van der Waals surface area (Å²) in [6.07, 6.45) is -0.0785. The second kappa shape index (κ2) is 7.58. The molecule has 1 atom stereocenters. The molecule has 116 valence electrons. The Bertz CT molecular complexity index is 588. The van der Waals surface area contributed by atoms with Gasteiger partial charge in [-0.3, -0.25) is 4.90 Å². The quantitative estimate of drug-likeness (QED) is 0.793. The zero-order chi connectivity index (χ0) is 15.2. The zero-order valence-electron chi connectivity index (χ0n) is 12.3. The predicted molar refractivity (Wildman–Crippen MR) is 86.3 cm³/mol. The molecule has 2 aromatic rings. The number of halogens is 1. The van der Waals surface area contributed by atoms with Gasteiger partial charge >= 0.3 is 0 Å². The lowest BCUT2D eigenvalue weighted by atomic mass is 10.1. The molecule has 0 radical (unpaired) electrons. The van der Waals surface area contributed by atoms with Crippen molar-refractivity contribution in [3.05, 3.63) is 59.2 Å². The van der Waals surface area contributed by atoms with Gasteiger partial charge in [-0.25, -0.2) is 4.98 Å². The number of benzene rings is 1. The topological polar surface area (TPSA) is 34.6 Å². The molecule has 2 heterocycles. The zero-order valence-corrected chi connectivity index (χ0v) is 13.1. The number of nitrogens with zero attached hydrogens (tertiary/aromatic N) is 2. The third-order valence-electron chi connectivity index (χ3n) is 3.65. The van der Waals surface area contributed by atoms with Gasteiger partial charge in [0.25, 0.3) is 0 Å². The third-order valence-corrected chi connectivity index (χ3v) is 3.86. The lowest BCUT2D eigenvalue weighted by Gasteiger charge is -2.30. The number of pyridine rings is 1. The van der Waals surface area contributed by atoms with Gasteiger partial charge in [0, 0.05) is 25.7 Å². The highest BCUT2D eigenvalue weighted by Gasteiger charge is 2.20. The molecule has 22 heavy (non-hydrogen) atoms. The van der Waals surface area contributed by atoms with E-state index in [0.29, 0.717) is 11.0 Å². The lowest BCUT2D eigenvalue weighted by molar-refractivity contribution is 0.0182. The first-order valence-corrected chi connectivity index (χ1v) is 7.83. The van der Waals surface area contributed by atoms with E-state index in [9.17, 15) is 0 Å². The summed E-state index contributed by atoms with van der Waals surface area (Å²) in [7, 11) is 0. The average Bonchev–Trinajstić information content (AvgIpc) is 2.56. The smallest absolute Gasteiger partial charge is 0.215 e. The molecule has 4 nitrogen and oxygen atoms in total. The maximum Gasteiger partial charge on any atom is 0.215 e. The number of morpholine rings is 1. The summed E-state index contributed by atoms with van der Waals surface area (Å²) in [6.45, 7) is 4.21. The maximum absolute atomic E-state index is 6.11. The molecule has 1 unspecified atom stereocenters. The summed E-state index contributed by atoms with van der Waals surface area (Å²) in [5, 5.41) is 0.440. The van der Waals surface area contributed by atoms with Crippen LogP contribution in [0.2, 0.25) is 5.15 Å². The first-order valence-electron chi connectivity index (χ1n) is 7.45. The van der Waals surface area contributed by atoms with Gasteiger partial charge in [0.1, 0.15) is 11.3 Å². The van der Waals surface area contributed by atoms with E-state index in [-0.39, 0.29) is 6.10 Å². The van der Waals surface area contributed by atoms with Crippen LogP contribution in [0.5, 0.6) is 5.88 Å². The fourth-order valence-corrected chi connectivity index (χ4v) is 2.65. The molecule has 0 amide bonds. The molecule has 1 aromatic heterocycles. The number of rotatable bonds is 5. The highest BCUT2D eigenvalue weighted by molar-refractivity contribution is 6.29. The van der Waals surface area contributed by atoms with E-state index < -0.39 is 0 Å². The van der Waals surface area contributed by atoms with Crippen LogP contribution in [0.25, 0.3) is 0 Å². The molecule has 0 bridgehead atoms. The van der Waals surface area contributed by atoms with E-state index in [4.69, 9.17) is 21.1 Å². The third kappa shape index (κ3) is 4.19. The molecule has 1 saturated heterocycles. The molecule has 1 aromatic carbocycles. The van der Waals surface area contributed by atoms with Gasteiger partial charge in [0.2, 0.25) is 5.88 Å². The first-order chi connectivity index (χ1) is 10.8. The summed E-state index contributed by atoms with van der Waals surface area (Å²) in [5.41, 5.74) is 1.13. The van der Waals surface area contributed by atoms with Crippen LogP contribution in [0, 0.1) is 0 Å². The number of ether oxygens (including phenoxy) is 2. The Balaban J connectivity index is 1.76. The van der Waals surface area contributed by atoms with Gasteiger partial charge in [-0.05, 0) is 11.6 Å². The first kappa shape index (κ1) is 15.3. The normalized spacial score (nSPS) is 17.1. The average molecular weight is 319 g/mol. The molecule has 1 fully saturated rings. The molecule has 3 rings (SSSR count). The Kier molecular flexibility index (Phi) is 5.27. The highest BCUT2D eigenvalue weighted by atomic mass is 35.5. The fraction of sp³-hybridized carbons (Fsp3) is 0.353. The Morgan fingerprint density at radius 3 is 2.59 bits per heavy atom. The van der Waals surface area contributed by atoms with Crippen molar-refractivity contribution >= 4 is 11.6 Å². The number of aromatic nitrogens is 1. The van der Waals surface area contributed by atoms with Crippen LogP contribution in [-0.2, 0) is 4.74 Å². The van der Waals surface area contributed by atoms with Crippen LogP contribution in [-0.4, -0.2) is 42.7 Å². The summed E-state index contributed by atoms with van der Waals surface area (Å²) in [6, 6.07) is 15.6. The summed E-state index contributed by atoms with van der Waals surface area (Å²) >= 11 is 5.95. The van der Waals surface area contributed by atoms with Crippen LogP contribution in [0.4, 0.5) is 0 Å². The standard InChI is InChI=1S/C17H19ClN2O2/c18-16-7-4-8-17(19-16)22-15(14-5-2-1-3-6-14)13-20-9-11-21-12-10-20/h1-8,15H,9-13H2. The van der Waals surface area contributed by atoms with Gasteiger partial charge in [-0.15, -0.1) is 0 Å². The minimum absolute atomic E-state index is 0.0785. The van der Waals surface area contributed by atoms with Crippen LogP contribution in [0.15, 0.2) is 48.5 Å². The van der Waals surface area contributed by atoms with E-state index >= 15 is 0 Å². The van der Waals surface area contributed by atoms with E-state index in [0.717, 1.165) is 38.4 Å². The van der Waals surface area contributed by atoms with Gasteiger partial charge in [-0.1, -0.05) is 48.0 Å². The van der Waals surface area contributed by atoms with Crippen molar-refractivity contribution in [2.45, 2.75) is 6.10 Å². The van der Waals surface area contributed by atoms with Crippen molar-refractivity contribution in [2.24, 2.45) is 0 Å². The Morgan fingerprint density at radius 2 is 1.86 bits per heavy atom. The van der Waals surface area contributed by atoms with Crippen LogP contribution >= 0.6 is 11.6 Å². The molecule has 5 heteroatoms. The summed E-state index contributed by atoms with van der Waals surface area (Å²) in [5.74, 6) is 0.551. The molecule has 1 aliphatic heterocycles. The molecule has 0 saturated carbocycles. The highest BCUT2D eigenvalue weighted by Crippen LogP contribution is 2.23. The molecular formula is C17H19ClN2O2. The van der Waals surface area contributed by atoms with E-state index in [1.54, 1.807) is 6.07 Å². The van der Waals surface area contributed by atoms with Crippen molar-refractivity contribution in [3.8, 4) is 5.88 Å². The maximum atomic E-state index is 6.11. The van der Waals surface area contributed by atoms with Gasteiger partial charge in [0.15, 0.2) is 0 Å².